The van der Waals surface area contributed by atoms with Crippen LogP contribution in [0, 0.1) is 0 Å². The Labute approximate surface area is 171 Å². The number of rotatable bonds is 5. The van der Waals surface area contributed by atoms with Gasteiger partial charge in [0.25, 0.3) is 5.88 Å². The predicted octanol–water partition coefficient (Wildman–Crippen LogP) is 1.84. The van der Waals surface area contributed by atoms with Crippen molar-refractivity contribution in [2.45, 2.75) is 6.61 Å². The highest BCUT2D eigenvalue weighted by Gasteiger charge is 2.25. The van der Waals surface area contributed by atoms with E-state index in [1.165, 1.54) is 0 Å². The smallest absolute Gasteiger partial charge is 0.321 e. The number of para-hydroxylation sites is 1. The van der Waals surface area contributed by atoms with Crippen molar-refractivity contribution in [1.82, 2.24) is 23.6 Å². The lowest BCUT2D eigenvalue weighted by Gasteiger charge is -2.34. The Kier molecular flexibility index (Phi) is 5.66. The van der Waals surface area contributed by atoms with Gasteiger partial charge in [-0.1, -0.05) is 18.2 Å². The third-order valence-corrected chi connectivity index (χ3v) is 4.92. The number of benzene rings is 1. The number of nitrogens with zero attached hydrogens (tertiary/aromatic N) is 6. The van der Waals surface area contributed by atoms with Crippen molar-refractivity contribution in [1.29, 1.82) is 0 Å². The normalized spacial score (nSPS) is 13.9. The minimum atomic E-state index is -0.106. The van der Waals surface area contributed by atoms with Crippen LogP contribution >= 0.6 is 11.7 Å². The Morgan fingerprint density at radius 2 is 1.93 bits per heavy atom. The summed E-state index contributed by atoms with van der Waals surface area (Å²) in [7, 11) is 0. The van der Waals surface area contributed by atoms with Crippen molar-refractivity contribution in [3.63, 3.8) is 0 Å². The lowest BCUT2D eigenvalue weighted by atomic mass is 10.3. The first-order valence-corrected chi connectivity index (χ1v) is 9.81. The van der Waals surface area contributed by atoms with Crippen LogP contribution in [0.3, 0.4) is 0 Å². The molecule has 0 atom stereocenters. The van der Waals surface area contributed by atoms with Crippen molar-refractivity contribution < 1.29 is 9.53 Å². The maximum absolute atomic E-state index is 12.4. The zero-order valence-electron chi connectivity index (χ0n) is 15.6. The second-order valence-corrected chi connectivity index (χ2v) is 6.89. The van der Waals surface area contributed by atoms with Crippen molar-refractivity contribution >= 4 is 35.2 Å². The van der Waals surface area contributed by atoms with Crippen LogP contribution in [-0.4, -0.2) is 55.8 Å². The lowest BCUT2D eigenvalue weighted by molar-refractivity contribution is 0.208. The van der Waals surface area contributed by atoms with Crippen LogP contribution in [0.25, 0.3) is 0 Å². The highest BCUT2D eigenvalue weighted by molar-refractivity contribution is 6.99. The number of hydrogen-bond donors (Lipinski definition) is 2. The van der Waals surface area contributed by atoms with Crippen LogP contribution in [0.5, 0.6) is 5.88 Å². The standard InChI is InChI=1S/C18H20N8O2S/c19-17-20-7-6-14(21-17)12-28-16-15(23-29-24-16)25-8-10-26(11-9-25)18(27)22-13-4-2-1-3-5-13/h1-7H,8-12H2,(H,22,27)(H2,19,20,21). The van der Waals surface area contributed by atoms with Crippen molar-refractivity contribution in [2.75, 3.05) is 42.1 Å². The van der Waals surface area contributed by atoms with E-state index >= 15 is 0 Å². The van der Waals surface area contributed by atoms with Gasteiger partial charge >= 0.3 is 6.03 Å². The van der Waals surface area contributed by atoms with Gasteiger partial charge in [0.15, 0.2) is 0 Å². The molecule has 2 aromatic heterocycles. The third kappa shape index (κ3) is 4.69. The van der Waals surface area contributed by atoms with E-state index < -0.39 is 0 Å². The fourth-order valence-electron chi connectivity index (χ4n) is 2.94. The molecule has 3 heterocycles. The van der Waals surface area contributed by atoms with Gasteiger partial charge in [-0.25, -0.2) is 14.8 Å². The monoisotopic (exact) mass is 412 g/mol. The molecule has 1 aliphatic rings. The number of hydrogen-bond acceptors (Lipinski definition) is 9. The molecule has 11 heteroatoms. The summed E-state index contributed by atoms with van der Waals surface area (Å²) in [6.07, 6.45) is 1.58. The predicted molar refractivity (Wildman–Crippen MR) is 110 cm³/mol. The summed E-state index contributed by atoms with van der Waals surface area (Å²) in [5.74, 6) is 1.34. The minimum Gasteiger partial charge on any atom is -0.468 e. The number of piperazine rings is 1. The van der Waals surface area contributed by atoms with E-state index in [4.69, 9.17) is 10.5 Å². The second kappa shape index (κ2) is 8.69. The first-order valence-electron chi connectivity index (χ1n) is 9.08. The van der Waals surface area contributed by atoms with Crippen LogP contribution in [0.15, 0.2) is 42.6 Å². The van der Waals surface area contributed by atoms with Crippen LogP contribution in [0.4, 0.5) is 22.2 Å². The largest absolute Gasteiger partial charge is 0.468 e. The molecule has 0 spiro atoms. The zero-order valence-corrected chi connectivity index (χ0v) is 16.4. The molecule has 10 nitrogen and oxygen atoms in total. The fraction of sp³-hybridized carbons (Fsp3) is 0.278. The number of carbonyl (C=O) groups excluding carboxylic acids is 1. The minimum absolute atomic E-state index is 0.106. The van der Waals surface area contributed by atoms with Gasteiger partial charge in [0.1, 0.15) is 6.61 Å². The quantitative estimate of drug-likeness (QED) is 0.651. The Morgan fingerprint density at radius 1 is 1.14 bits per heavy atom. The number of nitrogens with one attached hydrogen (secondary N) is 1. The van der Waals surface area contributed by atoms with Crippen LogP contribution in [0.2, 0.25) is 0 Å². The number of nitrogens with two attached hydrogens (primary N) is 1. The average Bonchev–Trinajstić information content (AvgIpc) is 3.22. The molecule has 3 aromatic rings. The van der Waals surface area contributed by atoms with E-state index in [-0.39, 0.29) is 18.6 Å². The van der Waals surface area contributed by atoms with Crippen LogP contribution < -0.4 is 20.7 Å². The van der Waals surface area contributed by atoms with Gasteiger partial charge in [0.05, 0.1) is 17.4 Å². The maximum Gasteiger partial charge on any atom is 0.321 e. The molecule has 1 aliphatic heterocycles. The molecule has 0 radical (unpaired) electrons. The number of anilines is 3. The number of aromatic nitrogens is 4. The lowest BCUT2D eigenvalue weighted by Crippen LogP contribution is -2.50. The van der Waals surface area contributed by atoms with Gasteiger partial charge in [0, 0.05) is 38.1 Å². The van der Waals surface area contributed by atoms with Gasteiger partial charge in [-0.2, -0.15) is 4.37 Å². The molecule has 150 valence electrons. The number of ether oxygens (including phenoxy) is 1. The number of urea groups is 1. The van der Waals surface area contributed by atoms with Crippen LogP contribution in [-0.2, 0) is 6.61 Å². The SMILES string of the molecule is Nc1nccc(COc2nsnc2N2CCN(C(=O)Nc3ccccc3)CC2)n1. The molecule has 0 bridgehead atoms. The van der Waals surface area contributed by atoms with Crippen LogP contribution in [0.1, 0.15) is 5.69 Å². The first kappa shape index (κ1) is 18.9. The topological polar surface area (TPSA) is 122 Å². The highest BCUT2D eigenvalue weighted by Crippen LogP contribution is 2.27. The third-order valence-electron chi connectivity index (χ3n) is 4.42. The molecule has 0 unspecified atom stereocenters. The summed E-state index contributed by atoms with van der Waals surface area (Å²) in [4.78, 5) is 24.3. The highest BCUT2D eigenvalue weighted by atomic mass is 32.1. The molecule has 2 amide bonds. The molecule has 0 aliphatic carbocycles. The number of amides is 2. The Morgan fingerprint density at radius 3 is 2.69 bits per heavy atom. The van der Waals surface area contributed by atoms with Crippen molar-refractivity contribution in [3.05, 3.63) is 48.3 Å². The summed E-state index contributed by atoms with van der Waals surface area (Å²) in [6.45, 7) is 2.68. The first-order chi connectivity index (χ1) is 14.2. The van der Waals surface area contributed by atoms with Crippen molar-refractivity contribution in [2.24, 2.45) is 0 Å². The molecule has 1 aromatic carbocycles. The molecule has 4 rings (SSSR count). The van der Waals surface area contributed by atoms with Gasteiger partial charge in [-0.15, -0.1) is 4.37 Å². The fourth-order valence-corrected chi connectivity index (χ4v) is 3.46. The Hall–Kier alpha value is -3.47. The van der Waals surface area contributed by atoms with Gasteiger partial charge in [0.2, 0.25) is 11.8 Å². The number of nitrogen functional groups attached to an aromatic ring is 1. The summed E-state index contributed by atoms with van der Waals surface area (Å²) in [5.41, 5.74) is 7.04. The zero-order chi connectivity index (χ0) is 20.1. The molecular formula is C18H20N8O2S. The molecule has 0 saturated carbocycles. The van der Waals surface area contributed by atoms with E-state index in [2.05, 4.69) is 28.9 Å². The molecule has 3 N–H and O–H groups in total. The van der Waals surface area contributed by atoms with E-state index in [1.54, 1.807) is 17.2 Å². The molecule has 1 fully saturated rings. The molecule has 29 heavy (non-hydrogen) atoms. The molecular weight excluding hydrogens is 392 g/mol. The second-order valence-electron chi connectivity index (χ2n) is 6.36. The Balaban J connectivity index is 1.32. The summed E-state index contributed by atoms with van der Waals surface area (Å²) >= 11 is 1.09. The maximum atomic E-state index is 12.4. The average molecular weight is 412 g/mol. The van der Waals surface area contributed by atoms with Gasteiger partial charge in [-0.05, 0) is 18.2 Å². The number of carbonyl (C=O) groups is 1. The van der Waals surface area contributed by atoms with Gasteiger partial charge in [-0.3, -0.25) is 0 Å². The Bertz CT molecular complexity index is 959. The van der Waals surface area contributed by atoms with E-state index in [1.807, 2.05) is 30.3 Å². The molecule has 1 saturated heterocycles. The summed E-state index contributed by atoms with van der Waals surface area (Å²) in [5, 5.41) is 2.91. The van der Waals surface area contributed by atoms with E-state index in [0.29, 0.717) is 43.6 Å². The van der Waals surface area contributed by atoms with E-state index in [9.17, 15) is 4.79 Å². The van der Waals surface area contributed by atoms with Crippen molar-refractivity contribution in [3.8, 4) is 5.88 Å². The summed E-state index contributed by atoms with van der Waals surface area (Å²) < 4.78 is 14.4. The van der Waals surface area contributed by atoms with Gasteiger partial charge < -0.3 is 25.6 Å². The summed E-state index contributed by atoms with van der Waals surface area (Å²) in [6, 6.07) is 11.1. The van der Waals surface area contributed by atoms with E-state index in [0.717, 1.165) is 17.4 Å².